The summed E-state index contributed by atoms with van der Waals surface area (Å²) in [5.74, 6) is -2.72. The first-order valence-electron chi connectivity index (χ1n) is 16.0. The number of phenolic OH excluding ortho intramolecular Hbond substituents is 1. The second kappa shape index (κ2) is 25.4. The van der Waals surface area contributed by atoms with Gasteiger partial charge in [0.1, 0.15) is 15.8 Å². The molecule has 1 saturated heterocycles. The molecule has 1 fully saturated rings. The van der Waals surface area contributed by atoms with Gasteiger partial charge in [0.2, 0.25) is 0 Å². The number of ether oxygens (including phenoxy) is 1. The maximum Gasteiger partial charge on any atom is 1.00 e. The minimum atomic E-state index is -5.38. The van der Waals surface area contributed by atoms with Crippen LogP contribution in [0.4, 0.5) is 29.0 Å². The summed E-state index contributed by atoms with van der Waals surface area (Å²) in [4.78, 5) is 25.4. The molecule has 3 aromatic carbocycles. The molecule has 0 saturated carbocycles. The van der Waals surface area contributed by atoms with Gasteiger partial charge in [0.15, 0.2) is 15.6 Å². The van der Waals surface area contributed by atoms with E-state index in [0.717, 1.165) is 6.07 Å². The quantitative estimate of drug-likeness (QED) is 0.0124. The molecule has 0 atom stereocenters. The summed E-state index contributed by atoms with van der Waals surface area (Å²) in [6, 6.07) is 11.5. The number of aromatic hydroxyl groups is 1. The Kier molecular flexibility index (Phi) is 23.6. The predicted octanol–water partition coefficient (Wildman–Crippen LogP) is -7.90. The summed E-state index contributed by atoms with van der Waals surface area (Å²) in [5.41, 5.74) is -0.706. The number of aromatic nitrogens is 4. The first kappa shape index (κ1) is 58.5. The number of anilines is 3. The van der Waals surface area contributed by atoms with Gasteiger partial charge in [0, 0.05) is 29.4 Å². The molecule has 0 aliphatic carbocycles. The molecule has 6 rings (SSSR count). The van der Waals surface area contributed by atoms with Gasteiger partial charge in [-0.2, -0.15) is 17.9 Å². The van der Waals surface area contributed by atoms with Gasteiger partial charge in [0.05, 0.1) is 69.7 Å². The van der Waals surface area contributed by atoms with Crippen LogP contribution < -0.4 is 114 Å². The molecule has 5 aromatic rings. The number of pyridine rings is 1. The monoisotopic (exact) mass is 980 g/mol. The van der Waals surface area contributed by atoms with Crippen molar-refractivity contribution in [3.05, 3.63) is 79.5 Å². The van der Waals surface area contributed by atoms with Crippen LogP contribution in [0.5, 0.6) is 5.75 Å². The van der Waals surface area contributed by atoms with Gasteiger partial charge in [-0.05, 0) is 64.6 Å². The van der Waals surface area contributed by atoms with Crippen LogP contribution in [-0.4, -0.2) is 97.0 Å². The number of nitrogens with one attached hydrogen (secondary N) is 1. The third-order valence-electron chi connectivity index (χ3n) is 7.74. The van der Waals surface area contributed by atoms with Crippen LogP contribution >= 0.6 is 12.0 Å². The standard InChI is InChI=1S/C31H28N8O12S3.CH4.3Na.H2O4S/c1-2-53(44,45)20-7-5-19(6-8-20)36-37-25-24(52-51-50-43)16-22-21(26(25)40)9-10-23(27(22)54(46,47)48)32-29-33-30(38-12-14-49-15-13-38)35-31(34-29)39-11-3-4-18(17-39)28(41)42;;;;;1-5(2,3)4/h3-11,16-17,40,43H,1-2,12-15H2,(H,41,42)(H,46,47,48)(H,32,33,34,35);1H4;;;;(H2,1,2,3,4)/q;;3*+1;/p-3. The minimum absolute atomic E-state index is 0. The minimum Gasteiger partial charge on any atom is -0.744 e. The molecule has 31 heteroatoms. The Morgan fingerprint density at radius 2 is 1.60 bits per heavy atom. The van der Waals surface area contributed by atoms with E-state index in [4.69, 9.17) is 22.3 Å². The van der Waals surface area contributed by atoms with Gasteiger partial charge in [-0.25, -0.2) is 21.4 Å². The predicted molar refractivity (Wildman–Crippen MR) is 203 cm³/mol. The van der Waals surface area contributed by atoms with Gasteiger partial charge >= 0.3 is 117 Å². The van der Waals surface area contributed by atoms with Crippen molar-refractivity contribution in [2.45, 2.75) is 22.1 Å². The summed E-state index contributed by atoms with van der Waals surface area (Å²) in [6.45, 7) is 4.84. The van der Waals surface area contributed by atoms with E-state index in [9.17, 15) is 41.7 Å². The molecule has 0 radical (unpaired) electrons. The fourth-order valence-electron chi connectivity index (χ4n) is 5.19. The van der Waals surface area contributed by atoms with Gasteiger partial charge < -0.3 is 46.7 Å². The zero-order valence-corrected chi connectivity index (χ0v) is 41.8. The number of morpholine rings is 1. The number of carbonyl (C=O) groups excluding carboxylic acids is 1. The van der Waals surface area contributed by atoms with E-state index in [1.807, 2.05) is 0 Å². The van der Waals surface area contributed by atoms with Gasteiger partial charge in [-0.1, -0.05) is 13.2 Å². The van der Waals surface area contributed by atoms with Gasteiger partial charge in [-0.3, -0.25) is 14.1 Å². The number of carboxylic acid groups (broad SMARTS) is 1. The third kappa shape index (κ3) is 16.1. The molecule has 24 nitrogen and oxygen atoms in total. The topological polar surface area (TPSA) is 360 Å². The summed E-state index contributed by atoms with van der Waals surface area (Å²) < 4.78 is 106. The summed E-state index contributed by atoms with van der Waals surface area (Å²) >= 11 is 0.220. The van der Waals surface area contributed by atoms with Gasteiger partial charge in [0.25, 0.3) is 0 Å². The molecule has 0 bridgehead atoms. The number of carboxylic acids is 1. The second-order valence-electron chi connectivity index (χ2n) is 11.5. The Labute approximate surface area is 430 Å². The van der Waals surface area contributed by atoms with Crippen molar-refractivity contribution in [1.29, 1.82) is 0 Å². The second-order valence-corrected chi connectivity index (χ2v) is 16.6. The Hall–Kier alpha value is -2.53. The molecule has 0 unspecified atom stereocenters. The van der Waals surface area contributed by atoms with E-state index in [-0.39, 0.29) is 175 Å². The van der Waals surface area contributed by atoms with Crippen molar-refractivity contribution in [3.63, 3.8) is 0 Å². The number of sulfone groups is 1. The summed E-state index contributed by atoms with van der Waals surface area (Å²) in [7, 11) is -13.6. The molecule has 1 aliphatic rings. The van der Waals surface area contributed by atoms with Crippen molar-refractivity contribution < 1.29 is 167 Å². The molecule has 3 heterocycles. The Balaban J connectivity index is 0.00000209. The summed E-state index contributed by atoms with van der Waals surface area (Å²) in [6.07, 6.45) is 2.67. The van der Waals surface area contributed by atoms with Crippen LogP contribution in [-0.2, 0) is 44.5 Å². The van der Waals surface area contributed by atoms with Crippen molar-refractivity contribution in [2.24, 2.45) is 10.2 Å². The molecule has 4 N–H and O–H groups in total. The molecule has 2 aromatic heterocycles. The Morgan fingerprint density at radius 1 is 0.968 bits per heavy atom. The van der Waals surface area contributed by atoms with Gasteiger partial charge in [-0.15, -0.1) is 10.1 Å². The number of hydrogen-bond donors (Lipinski definition) is 4. The number of rotatable bonds is 13. The zero-order chi connectivity index (χ0) is 43.1. The molecule has 63 heavy (non-hydrogen) atoms. The fourth-order valence-corrected chi connectivity index (χ4v) is 7.28. The van der Waals surface area contributed by atoms with Crippen molar-refractivity contribution in [3.8, 4) is 11.7 Å². The number of hydrogen-bond acceptors (Lipinski definition) is 22. The maximum absolute atomic E-state index is 12.9. The molecule has 0 amide bonds. The smallest absolute Gasteiger partial charge is 0.744 e. The number of phenols is 1. The first-order valence-corrected chi connectivity index (χ1v) is 21.2. The Bertz CT molecular complexity index is 2750. The van der Waals surface area contributed by atoms with E-state index < -0.39 is 47.0 Å². The molecule has 1 aliphatic heterocycles. The average Bonchev–Trinajstić information content (AvgIpc) is 3.19. The van der Waals surface area contributed by atoms with Crippen LogP contribution in [0.1, 0.15) is 17.8 Å². The number of nitrogens with zero attached hydrogens (tertiary/aromatic N) is 7. The van der Waals surface area contributed by atoms with Crippen LogP contribution in [0.25, 0.3) is 16.7 Å². The SMILES string of the molecule is C.O=S(=O)(O)O.[CH2-]CS(=O)(=O)c1ccc(N=Nc2c(SOO[O-])cc3c(S(=O)(=O)[O-])c(Nc4nc(N5CCOCC5)nc(-[n+]5cccc(C(=O)[O-])c5)n4)ccc3c2O)cc1.[Na+].[Na+].[Na+]. The van der Waals surface area contributed by atoms with Crippen LogP contribution in [0.3, 0.4) is 0 Å². The fraction of sp³-hybridized carbons (Fsp3) is 0.188. The molecular formula is C32H31N8Na3O16S4. The Morgan fingerprint density at radius 3 is 2.17 bits per heavy atom. The van der Waals surface area contributed by atoms with Crippen LogP contribution in [0, 0.1) is 6.92 Å². The van der Waals surface area contributed by atoms with Crippen molar-refractivity contribution in [2.75, 3.05) is 42.3 Å². The van der Waals surface area contributed by atoms with Crippen LogP contribution in [0.15, 0.2) is 91.9 Å². The normalized spacial score (nSPS) is 12.7. The zero-order valence-electron chi connectivity index (χ0n) is 32.5. The number of azo groups is 1. The van der Waals surface area contributed by atoms with E-state index in [0.29, 0.717) is 26.3 Å². The number of benzene rings is 3. The number of aromatic carboxylic acids is 1. The largest absolute Gasteiger partial charge is 1.00 e. The molecule has 322 valence electrons. The van der Waals surface area contributed by atoms with Crippen LogP contribution in [0.2, 0.25) is 0 Å². The first-order chi connectivity index (χ1) is 27.8. The summed E-state index contributed by atoms with van der Waals surface area (Å²) in [5, 5.41) is 47.3. The third-order valence-corrected chi connectivity index (χ3v) is 10.8. The molecular weight excluding hydrogens is 950 g/mol. The number of fused-ring (bicyclic) bond motifs is 1. The molecule has 0 spiro atoms. The van der Waals surface area contributed by atoms with E-state index in [1.165, 1.54) is 65.5 Å². The maximum atomic E-state index is 12.9. The van der Waals surface area contributed by atoms with E-state index in [2.05, 4.69) is 46.8 Å². The van der Waals surface area contributed by atoms with E-state index >= 15 is 0 Å². The van der Waals surface area contributed by atoms with E-state index in [1.54, 1.807) is 4.90 Å². The van der Waals surface area contributed by atoms with Crippen molar-refractivity contribution in [1.82, 2.24) is 15.0 Å². The average molecular weight is 981 g/mol. The van der Waals surface area contributed by atoms with Crippen molar-refractivity contribution >= 4 is 88.1 Å². The number of carbonyl (C=O) groups is 1.